The van der Waals surface area contributed by atoms with E-state index in [2.05, 4.69) is 11.8 Å². The number of hydrogen-bond acceptors (Lipinski definition) is 2. The van der Waals surface area contributed by atoms with Gasteiger partial charge in [0.15, 0.2) is 0 Å². The summed E-state index contributed by atoms with van der Waals surface area (Å²) in [6, 6.07) is 0. The molecule has 1 saturated heterocycles. The van der Waals surface area contributed by atoms with Crippen molar-refractivity contribution in [2.75, 3.05) is 19.6 Å². The van der Waals surface area contributed by atoms with E-state index in [4.69, 9.17) is 0 Å². The monoisotopic (exact) mass is 239 g/mol. The van der Waals surface area contributed by atoms with Crippen LogP contribution in [0.25, 0.3) is 0 Å². The zero-order chi connectivity index (χ0) is 12.1. The largest absolute Gasteiger partial charge is 0.389 e. The average Bonchev–Trinajstić information content (AvgIpc) is 2.33. The third-order valence-electron chi connectivity index (χ3n) is 4.71. The Balaban J connectivity index is 1.73. The minimum absolute atomic E-state index is 0.351. The van der Waals surface area contributed by atoms with Crippen LogP contribution in [-0.4, -0.2) is 35.2 Å². The van der Waals surface area contributed by atoms with E-state index >= 15 is 0 Å². The van der Waals surface area contributed by atoms with Crippen LogP contribution in [0.3, 0.4) is 0 Å². The van der Waals surface area contributed by atoms with Crippen molar-refractivity contribution in [2.24, 2.45) is 5.92 Å². The van der Waals surface area contributed by atoms with Crippen LogP contribution in [0, 0.1) is 5.92 Å². The van der Waals surface area contributed by atoms with Gasteiger partial charge in [-0.1, -0.05) is 39.0 Å². The van der Waals surface area contributed by atoms with Crippen molar-refractivity contribution in [1.82, 2.24) is 4.90 Å². The minimum Gasteiger partial charge on any atom is -0.389 e. The number of aliphatic hydroxyl groups is 1. The molecule has 0 aromatic rings. The minimum atomic E-state index is -0.351. The first-order valence-corrected chi connectivity index (χ1v) is 7.66. The first-order valence-electron chi connectivity index (χ1n) is 7.66. The summed E-state index contributed by atoms with van der Waals surface area (Å²) in [5.74, 6) is 0.956. The smallest absolute Gasteiger partial charge is 0.0774 e. The van der Waals surface area contributed by atoms with Gasteiger partial charge in [-0.3, -0.25) is 0 Å². The number of hydrogen-bond donors (Lipinski definition) is 1. The summed E-state index contributed by atoms with van der Waals surface area (Å²) in [4.78, 5) is 2.51. The highest BCUT2D eigenvalue weighted by Crippen LogP contribution is 2.30. The van der Waals surface area contributed by atoms with Crippen LogP contribution in [-0.2, 0) is 0 Å². The van der Waals surface area contributed by atoms with Crippen LogP contribution in [0.15, 0.2) is 0 Å². The molecule has 17 heavy (non-hydrogen) atoms. The highest BCUT2D eigenvalue weighted by molar-refractivity contribution is 4.87. The van der Waals surface area contributed by atoms with Gasteiger partial charge in [0.25, 0.3) is 0 Å². The van der Waals surface area contributed by atoms with Gasteiger partial charge in [-0.15, -0.1) is 0 Å². The molecule has 1 saturated carbocycles. The fourth-order valence-electron chi connectivity index (χ4n) is 3.63. The van der Waals surface area contributed by atoms with Crippen molar-refractivity contribution in [3.8, 4) is 0 Å². The van der Waals surface area contributed by atoms with Gasteiger partial charge in [0, 0.05) is 6.54 Å². The maximum absolute atomic E-state index is 10.6. The molecule has 2 rings (SSSR count). The normalized spacial score (nSPS) is 27.2. The van der Waals surface area contributed by atoms with Crippen LogP contribution in [0.5, 0.6) is 0 Å². The zero-order valence-electron chi connectivity index (χ0n) is 11.5. The highest BCUT2D eigenvalue weighted by atomic mass is 16.3. The molecule has 0 aromatic heterocycles. The Morgan fingerprint density at radius 3 is 2.35 bits per heavy atom. The van der Waals surface area contributed by atoms with E-state index in [1.807, 2.05) is 0 Å². The van der Waals surface area contributed by atoms with Crippen LogP contribution >= 0.6 is 0 Å². The maximum atomic E-state index is 10.6. The van der Waals surface area contributed by atoms with Crippen molar-refractivity contribution in [3.05, 3.63) is 0 Å². The molecule has 2 nitrogen and oxygen atoms in total. The Bertz CT molecular complexity index is 215. The Morgan fingerprint density at radius 1 is 1.12 bits per heavy atom. The fraction of sp³-hybridized carbons (Fsp3) is 1.00. The Labute approximate surface area is 106 Å². The standard InChI is InChI=1S/C15H29NO/c1-2-6-14-7-11-16(12-8-14)13-15(17)9-4-3-5-10-15/h14,17H,2-13H2,1H3. The maximum Gasteiger partial charge on any atom is 0.0774 e. The number of likely N-dealkylation sites (tertiary alicyclic amines) is 1. The Morgan fingerprint density at radius 2 is 1.76 bits per heavy atom. The van der Waals surface area contributed by atoms with Crippen molar-refractivity contribution in [2.45, 2.75) is 70.3 Å². The fourth-order valence-corrected chi connectivity index (χ4v) is 3.63. The van der Waals surface area contributed by atoms with Gasteiger partial charge in [0.1, 0.15) is 0 Å². The van der Waals surface area contributed by atoms with E-state index in [-0.39, 0.29) is 5.60 Å². The third kappa shape index (κ3) is 3.96. The van der Waals surface area contributed by atoms with Crippen LogP contribution in [0.4, 0.5) is 0 Å². The molecule has 0 unspecified atom stereocenters. The quantitative estimate of drug-likeness (QED) is 0.814. The third-order valence-corrected chi connectivity index (χ3v) is 4.71. The molecule has 0 bridgehead atoms. The first kappa shape index (κ1) is 13.4. The second kappa shape index (κ2) is 6.19. The SMILES string of the molecule is CCCC1CCN(CC2(O)CCCCC2)CC1. The lowest BCUT2D eigenvalue weighted by Gasteiger charge is -2.40. The predicted octanol–water partition coefficient (Wildman–Crippen LogP) is 3.19. The summed E-state index contributed by atoms with van der Waals surface area (Å²) in [5, 5.41) is 10.6. The van der Waals surface area contributed by atoms with E-state index in [0.717, 1.165) is 25.3 Å². The van der Waals surface area contributed by atoms with Crippen LogP contribution < -0.4 is 0 Å². The van der Waals surface area contributed by atoms with E-state index in [0.29, 0.717) is 0 Å². The van der Waals surface area contributed by atoms with Crippen molar-refractivity contribution >= 4 is 0 Å². The van der Waals surface area contributed by atoms with Crippen LogP contribution in [0.2, 0.25) is 0 Å². The second-order valence-electron chi connectivity index (χ2n) is 6.29. The average molecular weight is 239 g/mol. The summed E-state index contributed by atoms with van der Waals surface area (Å²) >= 11 is 0. The van der Waals surface area contributed by atoms with Crippen molar-refractivity contribution in [1.29, 1.82) is 0 Å². The molecular formula is C15H29NO. The summed E-state index contributed by atoms with van der Waals surface area (Å²) in [5.41, 5.74) is -0.351. The Hall–Kier alpha value is -0.0800. The molecule has 1 N–H and O–H groups in total. The number of rotatable bonds is 4. The molecule has 0 atom stereocenters. The van der Waals surface area contributed by atoms with Gasteiger partial charge in [0.2, 0.25) is 0 Å². The summed E-state index contributed by atoms with van der Waals surface area (Å²) < 4.78 is 0. The van der Waals surface area contributed by atoms with Gasteiger partial charge >= 0.3 is 0 Å². The molecular weight excluding hydrogens is 210 g/mol. The van der Waals surface area contributed by atoms with E-state index in [1.54, 1.807) is 0 Å². The second-order valence-corrected chi connectivity index (χ2v) is 6.29. The predicted molar refractivity (Wildman–Crippen MR) is 72.1 cm³/mol. The number of β-amino-alcohol motifs (C(OH)–C–C–N with tert-alkyl or cyclic N) is 1. The Kier molecular flexibility index (Phi) is 4.87. The van der Waals surface area contributed by atoms with Gasteiger partial charge in [-0.05, 0) is 44.7 Å². The zero-order valence-corrected chi connectivity index (χ0v) is 11.5. The van der Waals surface area contributed by atoms with Crippen LogP contribution in [0.1, 0.15) is 64.7 Å². The molecule has 2 aliphatic rings. The van der Waals surface area contributed by atoms with E-state index in [9.17, 15) is 5.11 Å². The lowest BCUT2D eigenvalue weighted by molar-refractivity contribution is -0.0328. The van der Waals surface area contributed by atoms with E-state index < -0.39 is 0 Å². The molecule has 2 fully saturated rings. The van der Waals surface area contributed by atoms with Crippen molar-refractivity contribution in [3.63, 3.8) is 0 Å². The summed E-state index contributed by atoms with van der Waals surface area (Å²) in [6.45, 7) is 5.66. The molecule has 1 aliphatic carbocycles. The lowest BCUT2D eigenvalue weighted by atomic mass is 9.83. The molecule has 0 radical (unpaired) electrons. The summed E-state index contributed by atoms with van der Waals surface area (Å²) in [6.07, 6.45) is 11.3. The number of nitrogens with zero attached hydrogens (tertiary/aromatic N) is 1. The first-order chi connectivity index (χ1) is 8.22. The molecule has 1 heterocycles. The lowest BCUT2D eigenvalue weighted by Crippen LogP contribution is -2.47. The van der Waals surface area contributed by atoms with Gasteiger partial charge in [-0.2, -0.15) is 0 Å². The molecule has 0 aromatic carbocycles. The summed E-state index contributed by atoms with van der Waals surface area (Å²) in [7, 11) is 0. The van der Waals surface area contributed by atoms with Gasteiger partial charge in [-0.25, -0.2) is 0 Å². The van der Waals surface area contributed by atoms with Gasteiger partial charge < -0.3 is 10.0 Å². The molecule has 0 amide bonds. The topological polar surface area (TPSA) is 23.5 Å². The number of piperidine rings is 1. The molecule has 100 valence electrons. The molecule has 1 aliphatic heterocycles. The highest BCUT2D eigenvalue weighted by Gasteiger charge is 2.32. The van der Waals surface area contributed by atoms with E-state index in [1.165, 1.54) is 58.0 Å². The van der Waals surface area contributed by atoms with Gasteiger partial charge in [0.05, 0.1) is 5.60 Å². The van der Waals surface area contributed by atoms with Crippen molar-refractivity contribution < 1.29 is 5.11 Å². The molecule has 2 heteroatoms. The molecule has 0 spiro atoms.